The number of carbonyl (C=O) groups excluding carboxylic acids is 2. The first-order valence-corrected chi connectivity index (χ1v) is 9.71. The van der Waals surface area contributed by atoms with Gasteiger partial charge in [0, 0.05) is 0 Å². The van der Waals surface area contributed by atoms with Gasteiger partial charge < -0.3 is 19.4 Å². The fourth-order valence-electron chi connectivity index (χ4n) is 3.27. The number of nitrogens with zero attached hydrogens (tertiary/aromatic N) is 4. The van der Waals surface area contributed by atoms with Crippen LogP contribution in [-0.2, 0) is 22.7 Å². The fourth-order valence-corrected chi connectivity index (χ4v) is 3.27. The molecule has 0 radical (unpaired) electrons. The van der Waals surface area contributed by atoms with Crippen molar-refractivity contribution >= 4 is 23.2 Å². The molecule has 0 fully saturated rings. The van der Waals surface area contributed by atoms with Crippen molar-refractivity contribution in [2.24, 2.45) is 0 Å². The number of amides is 2. The predicted molar refractivity (Wildman–Crippen MR) is 114 cm³/mol. The standard InChI is InChI=1S/C21H23N5O6/c1-14-21(26(29)30)15(2)25(23-14)13-20(28)24(11-16-7-6-10-32-16)12-19(27)22-17-8-4-5-9-18(17)31-3/h4-10H,11-13H2,1-3H3,(H,22,27). The Labute approximate surface area is 183 Å². The third-order valence-corrected chi connectivity index (χ3v) is 4.81. The number of benzene rings is 1. The highest BCUT2D eigenvalue weighted by Crippen LogP contribution is 2.24. The molecule has 0 saturated heterocycles. The number of methoxy groups -OCH3 is 1. The van der Waals surface area contributed by atoms with Gasteiger partial charge in [-0.3, -0.25) is 24.4 Å². The van der Waals surface area contributed by atoms with Crippen LogP contribution < -0.4 is 10.1 Å². The Morgan fingerprint density at radius 3 is 2.62 bits per heavy atom. The number of nitro groups is 1. The van der Waals surface area contributed by atoms with Crippen molar-refractivity contribution in [1.29, 1.82) is 0 Å². The molecule has 0 aliphatic rings. The average Bonchev–Trinajstić information content (AvgIpc) is 3.35. The zero-order valence-electron chi connectivity index (χ0n) is 17.9. The number of aryl methyl sites for hydroxylation is 1. The van der Waals surface area contributed by atoms with Gasteiger partial charge in [0.15, 0.2) is 0 Å². The fraction of sp³-hybridized carbons (Fsp3) is 0.286. The van der Waals surface area contributed by atoms with Crippen LogP contribution in [0.3, 0.4) is 0 Å². The van der Waals surface area contributed by atoms with E-state index in [1.807, 2.05) is 0 Å². The summed E-state index contributed by atoms with van der Waals surface area (Å²) in [5, 5.41) is 18.1. The Hall–Kier alpha value is -4.15. The lowest BCUT2D eigenvalue weighted by atomic mass is 10.3. The molecule has 168 valence electrons. The Bertz CT molecular complexity index is 1120. The molecular formula is C21H23N5O6. The Kier molecular flexibility index (Phi) is 6.88. The van der Waals surface area contributed by atoms with Gasteiger partial charge in [-0.1, -0.05) is 12.1 Å². The molecule has 0 atom stereocenters. The minimum Gasteiger partial charge on any atom is -0.495 e. The monoisotopic (exact) mass is 441 g/mol. The first kappa shape index (κ1) is 22.5. The normalized spacial score (nSPS) is 10.6. The number of nitrogens with one attached hydrogen (secondary N) is 1. The average molecular weight is 441 g/mol. The minimum absolute atomic E-state index is 0.0482. The van der Waals surface area contributed by atoms with E-state index in [1.165, 1.54) is 36.8 Å². The smallest absolute Gasteiger partial charge is 0.312 e. The first-order chi connectivity index (χ1) is 15.3. The van der Waals surface area contributed by atoms with E-state index in [-0.39, 0.29) is 36.7 Å². The van der Waals surface area contributed by atoms with Crippen LogP contribution in [0.15, 0.2) is 47.1 Å². The minimum atomic E-state index is -0.528. The van der Waals surface area contributed by atoms with Gasteiger partial charge in [-0.25, -0.2) is 0 Å². The number of hydrogen-bond acceptors (Lipinski definition) is 7. The summed E-state index contributed by atoms with van der Waals surface area (Å²) >= 11 is 0. The van der Waals surface area contributed by atoms with Crippen LogP contribution in [0.4, 0.5) is 11.4 Å². The maximum absolute atomic E-state index is 13.0. The number of carbonyl (C=O) groups is 2. The third-order valence-electron chi connectivity index (χ3n) is 4.81. The highest BCUT2D eigenvalue weighted by Gasteiger charge is 2.25. The second kappa shape index (κ2) is 9.77. The van der Waals surface area contributed by atoms with Gasteiger partial charge in [-0.2, -0.15) is 5.10 Å². The molecule has 0 aliphatic heterocycles. The molecule has 0 bridgehead atoms. The van der Waals surface area contributed by atoms with Crippen molar-refractivity contribution < 1.29 is 23.7 Å². The molecule has 11 heteroatoms. The van der Waals surface area contributed by atoms with Crippen molar-refractivity contribution in [3.05, 3.63) is 69.9 Å². The lowest BCUT2D eigenvalue weighted by molar-refractivity contribution is -0.386. The maximum Gasteiger partial charge on any atom is 0.312 e. The van der Waals surface area contributed by atoms with Gasteiger partial charge in [0.25, 0.3) is 0 Å². The van der Waals surface area contributed by atoms with Crippen molar-refractivity contribution in [2.45, 2.75) is 26.9 Å². The van der Waals surface area contributed by atoms with Crippen molar-refractivity contribution in [2.75, 3.05) is 19.0 Å². The second-order valence-corrected chi connectivity index (χ2v) is 7.01. The number of anilines is 1. The van der Waals surface area contributed by atoms with E-state index in [1.54, 1.807) is 36.4 Å². The van der Waals surface area contributed by atoms with Gasteiger partial charge in [-0.15, -0.1) is 0 Å². The predicted octanol–water partition coefficient (Wildman–Crippen LogP) is 2.68. The van der Waals surface area contributed by atoms with Crippen LogP contribution in [0, 0.1) is 24.0 Å². The summed E-state index contributed by atoms with van der Waals surface area (Å²) in [7, 11) is 1.49. The number of furan rings is 1. The molecule has 1 N–H and O–H groups in total. The molecule has 1 aromatic carbocycles. The van der Waals surface area contributed by atoms with Crippen LogP contribution >= 0.6 is 0 Å². The molecule has 0 aliphatic carbocycles. The molecule has 2 amide bonds. The molecule has 0 saturated carbocycles. The van der Waals surface area contributed by atoms with Gasteiger partial charge >= 0.3 is 5.69 Å². The molecule has 3 rings (SSSR count). The number of rotatable bonds is 9. The highest BCUT2D eigenvalue weighted by molar-refractivity contribution is 5.95. The summed E-state index contributed by atoms with van der Waals surface area (Å²) < 4.78 is 11.8. The molecule has 3 aromatic rings. The summed E-state index contributed by atoms with van der Waals surface area (Å²) in [6.45, 7) is 2.55. The summed E-state index contributed by atoms with van der Waals surface area (Å²) in [5.74, 6) is 0.0910. The Morgan fingerprint density at radius 1 is 1.25 bits per heavy atom. The summed E-state index contributed by atoms with van der Waals surface area (Å²) in [4.78, 5) is 37.7. The largest absolute Gasteiger partial charge is 0.495 e. The van der Waals surface area contributed by atoms with Crippen LogP contribution in [0.5, 0.6) is 5.75 Å². The van der Waals surface area contributed by atoms with Gasteiger partial charge in [-0.05, 0) is 38.1 Å². The van der Waals surface area contributed by atoms with E-state index in [4.69, 9.17) is 9.15 Å². The summed E-state index contributed by atoms with van der Waals surface area (Å²) in [6.07, 6.45) is 1.47. The molecule has 0 unspecified atom stereocenters. The SMILES string of the molecule is COc1ccccc1NC(=O)CN(Cc1ccco1)C(=O)Cn1nc(C)c([N+](=O)[O-])c1C. The molecule has 0 spiro atoms. The summed E-state index contributed by atoms with van der Waals surface area (Å²) in [5.41, 5.74) is 0.813. The Morgan fingerprint density at radius 2 is 2.00 bits per heavy atom. The van der Waals surface area contributed by atoms with Crippen molar-refractivity contribution in [1.82, 2.24) is 14.7 Å². The molecule has 11 nitrogen and oxygen atoms in total. The molecular weight excluding hydrogens is 418 g/mol. The van der Waals surface area contributed by atoms with Crippen molar-refractivity contribution in [3.8, 4) is 5.75 Å². The third kappa shape index (κ3) is 5.12. The first-order valence-electron chi connectivity index (χ1n) is 9.71. The maximum atomic E-state index is 13.0. The quantitative estimate of drug-likeness (QED) is 0.399. The van der Waals surface area contributed by atoms with Crippen LogP contribution in [0.1, 0.15) is 17.1 Å². The van der Waals surface area contributed by atoms with E-state index < -0.39 is 16.7 Å². The van der Waals surface area contributed by atoms with Crippen LogP contribution in [0.25, 0.3) is 0 Å². The van der Waals surface area contributed by atoms with E-state index in [0.717, 1.165) is 0 Å². The van der Waals surface area contributed by atoms with Gasteiger partial charge in [0.1, 0.15) is 36.0 Å². The number of hydrogen-bond donors (Lipinski definition) is 1. The zero-order chi connectivity index (χ0) is 23.3. The Balaban J connectivity index is 1.78. The highest BCUT2D eigenvalue weighted by atomic mass is 16.6. The molecule has 2 aromatic heterocycles. The number of aromatic nitrogens is 2. The van der Waals surface area contributed by atoms with Crippen LogP contribution in [0.2, 0.25) is 0 Å². The van der Waals surface area contributed by atoms with Gasteiger partial charge in [0.2, 0.25) is 11.8 Å². The lowest BCUT2D eigenvalue weighted by Crippen LogP contribution is -2.39. The van der Waals surface area contributed by atoms with Gasteiger partial charge in [0.05, 0.1) is 30.5 Å². The second-order valence-electron chi connectivity index (χ2n) is 7.01. The van der Waals surface area contributed by atoms with E-state index in [0.29, 0.717) is 17.2 Å². The summed E-state index contributed by atoms with van der Waals surface area (Å²) in [6, 6.07) is 10.3. The van der Waals surface area contributed by atoms with E-state index in [2.05, 4.69) is 10.4 Å². The van der Waals surface area contributed by atoms with E-state index >= 15 is 0 Å². The van der Waals surface area contributed by atoms with Crippen LogP contribution in [-0.4, -0.2) is 45.1 Å². The van der Waals surface area contributed by atoms with E-state index in [9.17, 15) is 19.7 Å². The molecule has 32 heavy (non-hydrogen) atoms. The molecule has 2 heterocycles. The number of ether oxygens (including phenoxy) is 1. The van der Waals surface area contributed by atoms with Crippen molar-refractivity contribution in [3.63, 3.8) is 0 Å². The zero-order valence-corrected chi connectivity index (χ0v) is 17.9. The lowest BCUT2D eigenvalue weighted by Gasteiger charge is -2.22. The number of para-hydroxylation sites is 2. The topological polar surface area (TPSA) is 133 Å².